The number of likely N-dealkylation sites (tertiary alicyclic amines) is 1. The number of benzene rings is 1. The minimum atomic E-state index is 0. The van der Waals surface area contributed by atoms with Crippen molar-refractivity contribution in [3.8, 4) is 0 Å². The Bertz CT molecular complexity index is 551. The average Bonchev–Trinajstić information content (AvgIpc) is 2.98. The maximum atomic E-state index is 12.9. The van der Waals surface area contributed by atoms with Gasteiger partial charge in [-0.25, -0.2) is 0 Å². The number of carbonyl (C=O) groups is 1. The smallest absolute Gasteiger partial charge is 0.254 e. The number of rotatable bonds is 3. The molecule has 1 aromatic rings. The number of halogens is 2. The van der Waals surface area contributed by atoms with E-state index in [-0.39, 0.29) is 30.7 Å². The summed E-state index contributed by atoms with van der Waals surface area (Å²) in [7, 11) is 0. The van der Waals surface area contributed by atoms with Gasteiger partial charge in [0.15, 0.2) is 0 Å². The lowest BCUT2D eigenvalue weighted by Crippen LogP contribution is -2.46. The van der Waals surface area contributed by atoms with Gasteiger partial charge in [-0.1, -0.05) is 6.07 Å². The van der Waals surface area contributed by atoms with Crippen molar-refractivity contribution in [3.05, 3.63) is 29.3 Å². The highest BCUT2D eigenvalue weighted by Crippen LogP contribution is 2.23. The van der Waals surface area contributed by atoms with Crippen molar-refractivity contribution in [3.63, 3.8) is 0 Å². The third-order valence-corrected chi connectivity index (χ3v) is 4.70. The van der Waals surface area contributed by atoms with Gasteiger partial charge in [0.25, 0.3) is 5.91 Å². The zero-order valence-electron chi connectivity index (χ0n) is 14.1. The van der Waals surface area contributed by atoms with Crippen LogP contribution in [-0.4, -0.2) is 61.1 Å². The van der Waals surface area contributed by atoms with Gasteiger partial charge in [-0.2, -0.15) is 0 Å². The van der Waals surface area contributed by atoms with Crippen molar-refractivity contribution in [2.75, 3.05) is 45.1 Å². The topological polar surface area (TPSA) is 58.8 Å². The molecule has 2 heterocycles. The van der Waals surface area contributed by atoms with Crippen LogP contribution in [0.3, 0.4) is 0 Å². The standard InChI is InChI=1S/C17H25N3O2.2ClH/c1-13-4-5-14(18)11-16(13)17(21)20-6-2-3-15(20)12-19-7-9-22-10-8-19;;/h4-5,11,15H,2-3,6-10,12,18H2,1H3;2*1H. The van der Waals surface area contributed by atoms with E-state index in [2.05, 4.69) is 4.90 Å². The molecule has 5 nitrogen and oxygen atoms in total. The van der Waals surface area contributed by atoms with Gasteiger partial charge in [-0.3, -0.25) is 9.69 Å². The van der Waals surface area contributed by atoms with Gasteiger partial charge in [-0.15, -0.1) is 24.8 Å². The van der Waals surface area contributed by atoms with E-state index >= 15 is 0 Å². The van der Waals surface area contributed by atoms with Crippen molar-refractivity contribution in [2.45, 2.75) is 25.8 Å². The third kappa shape index (κ3) is 4.76. The number of nitrogen functional groups attached to an aromatic ring is 1. The Morgan fingerprint density at radius 2 is 1.96 bits per heavy atom. The van der Waals surface area contributed by atoms with Crippen LogP contribution in [0, 0.1) is 6.92 Å². The molecule has 7 heteroatoms. The van der Waals surface area contributed by atoms with Crippen molar-refractivity contribution < 1.29 is 9.53 Å². The van der Waals surface area contributed by atoms with Crippen LogP contribution in [-0.2, 0) is 4.74 Å². The van der Waals surface area contributed by atoms with Gasteiger partial charge in [0.05, 0.1) is 13.2 Å². The summed E-state index contributed by atoms with van der Waals surface area (Å²) in [6.07, 6.45) is 2.17. The van der Waals surface area contributed by atoms with Gasteiger partial charge < -0.3 is 15.4 Å². The molecule has 0 spiro atoms. The Hall–Kier alpha value is -1.01. The zero-order valence-corrected chi connectivity index (χ0v) is 15.7. The Kier molecular flexibility index (Phi) is 8.30. The van der Waals surface area contributed by atoms with Gasteiger partial charge in [-0.05, 0) is 37.5 Å². The molecule has 1 aromatic carbocycles. The zero-order chi connectivity index (χ0) is 15.5. The van der Waals surface area contributed by atoms with Crippen LogP contribution in [0.2, 0.25) is 0 Å². The minimum absolute atomic E-state index is 0. The van der Waals surface area contributed by atoms with Crippen LogP contribution in [0.15, 0.2) is 18.2 Å². The minimum Gasteiger partial charge on any atom is -0.399 e. The Balaban J connectivity index is 0.00000144. The monoisotopic (exact) mass is 375 g/mol. The van der Waals surface area contributed by atoms with E-state index in [4.69, 9.17) is 10.5 Å². The molecule has 0 radical (unpaired) electrons. The molecule has 2 aliphatic heterocycles. The molecule has 3 rings (SSSR count). The van der Waals surface area contributed by atoms with E-state index in [0.717, 1.165) is 63.4 Å². The molecular formula is C17H27Cl2N3O2. The Morgan fingerprint density at radius 3 is 2.67 bits per heavy atom. The van der Waals surface area contributed by atoms with E-state index in [9.17, 15) is 4.79 Å². The van der Waals surface area contributed by atoms with Gasteiger partial charge in [0, 0.05) is 43.5 Å². The summed E-state index contributed by atoms with van der Waals surface area (Å²) in [4.78, 5) is 17.3. The van der Waals surface area contributed by atoms with E-state index in [1.165, 1.54) is 0 Å². The normalized spacial score (nSPS) is 21.0. The summed E-state index contributed by atoms with van der Waals surface area (Å²) >= 11 is 0. The van der Waals surface area contributed by atoms with Gasteiger partial charge in [0.2, 0.25) is 0 Å². The molecule has 0 saturated carbocycles. The molecule has 24 heavy (non-hydrogen) atoms. The van der Waals surface area contributed by atoms with Crippen LogP contribution in [0.4, 0.5) is 5.69 Å². The molecule has 136 valence electrons. The van der Waals surface area contributed by atoms with E-state index in [1.807, 2.05) is 30.0 Å². The largest absolute Gasteiger partial charge is 0.399 e. The maximum Gasteiger partial charge on any atom is 0.254 e. The Morgan fingerprint density at radius 1 is 1.25 bits per heavy atom. The second-order valence-corrected chi connectivity index (χ2v) is 6.28. The molecule has 0 aromatic heterocycles. The molecular weight excluding hydrogens is 349 g/mol. The number of nitrogens with two attached hydrogens (primary N) is 1. The second kappa shape index (κ2) is 9.47. The number of ether oxygens (including phenoxy) is 1. The fraction of sp³-hybridized carbons (Fsp3) is 0.588. The highest BCUT2D eigenvalue weighted by Gasteiger charge is 2.31. The summed E-state index contributed by atoms with van der Waals surface area (Å²) in [5, 5.41) is 0. The SMILES string of the molecule is Cc1ccc(N)cc1C(=O)N1CCCC1CN1CCOCC1.Cl.Cl. The first kappa shape index (κ1) is 21.0. The summed E-state index contributed by atoms with van der Waals surface area (Å²) in [6, 6.07) is 5.89. The first-order chi connectivity index (χ1) is 10.6. The quantitative estimate of drug-likeness (QED) is 0.823. The average molecular weight is 376 g/mol. The molecule has 2 N–H and O–H groups in total. The van der Waals surface area contributed by atoms with Crippen LogP contribution >= 0.6 is 24.8 Å². The van der Waals surface area contributed by atoms with Crippen LogP contribution in [0.25, 0.3) is 0 Å². The molecule has 1 amide bonds. The van der Waals surface area contributed by atoms with E-state index < -0.39 is 0 Å². The number of nitrogens with zero attached hydrogens (tertiary/aromatic N) is 2. The lowest BCUT2D eigenvalue weighted by molar-refractivity contribution is 0.0261. The predicted molar refractivity (Wildman–Crippen MR) is 101 cm³/mol. The molecule has 2 saturated heterocycles. The highest BCUT2D eigenvalue weighted by atomic mass is 35.5. The lowest BCUT2D eigenvalue weighted by atomic mass is 10.1. The van der Waals surface area contributed by atoms with Gasteiger partial charge >= 0.3 is 0 Å². The first-order valence-corrected chi connectivity index (χ1v) is 8.12. The van der Waals surface area contributed by atoms with Crippen molar-refractivity contribution in [2.24, 2.45) is 0 Å². The molecule has 0 aliphatic carbocycles. The van der Waals surface area contributed by atoms with Crippen LogP contribution < -0.4 is 5.73 Å². The predicted octanol–water partition coefficient (Wildman–Crippen LogP) is 2.36. The number of hydrogen-bond acceptors (Lipinski definition) is 4. The van der Waals surface area contributed by atoms with E-state index in [1.54, 1.807) is 0 Å². The van der Waals surface area contributed by atoms with Crippen LogP contribution in [0.5, 0.6) is 0 Å². The van der Waals surface area contributed by atoms with Crippen LogP contribution in [0.1, 0.15) is 28.8 Å². The first-order valence-electron chi connectivity index (χ1n) is 8.12. The summed E-state index contributed by atoms with van der Waals surface area (Å²) in [6.45, 7) is 7.31. The number of amides is 1. The summed E-state index contributed by atoms with van der Waals surface area (Å²) in [5.74, 6) is 0.126. The lowest BCUT2D eigenvalue weighted by Gasteiger charge is -2.33. The van der Waals surface area contributed by atoms with E-state index in [0.29, 0.717) is 11.7 Å². The maximum absolute atomic E-state index is 12.9. The summed E-state index contributed by atoms with van der Waals surface area (Å²) < 4.78 is 5.40. The van der Waals surface area contributed by atoms with Crippen molar-refractivity contribution in [1.29, 1.82) is 0 Å². The number of morpholine rings is 1. The number of hydrogen-bond donors (Lipinski definition) is 1. The number of anilines is 1. The Labute approximate surface area is 156 Å². The molecule has 0 bridgehead atoms. The molecule has 2 aliphatic rings. The van der Waals surface area contributed by atoms with Crippen molar-refractivity contribution >= 4 is 36.4 Å². The molecule has 2 fully saturated rings. The van der Waals surface area contributed by atoms with Crippen molar-refractivity contribution in [1.82, 2.24) is 9.80 Å². The fourth-order valence-electron chi connectivity index (χ4n) is 3.40. The van der Waals surface area contributed by atoms with Gasteiger partial charge in [0.1, 0.15) is 0 Å². The molecule has 1 unspecified atom stereocenters. The second-order valence-electron chi connectivity index (χ2n) is 6.28. The summed E-state index contributed by atoms with van der Waals surface area (Å²) in [5.41, 5.74) is 8.25. The third-order valence-electron chi connectivity index (χ3n) is 4.70. The number of aryl methyl sites for hydroxylation is 1. The fourth-order valence-corrected chi connectivity index (χ4v) is 3.40. The molecule has 1 atom stereocenters. The number of carbonyl (C=O) groups excluding carboxylic acids is 1. The highest BCUT2D eigenvalue weighted by molar-refractivity contribution is 5.96.